The van der Waals surface area contributed by atoms with Crippen molar-refractivity contribution in [3.05, 3.63) is 59.1 Å². The summed E-state index contributed by atoms with van der Waals surface area (Å²) in [5.74, 6) is 0.409. The van der Waals surface area contributed by atoms with Crippen LogP contribution in [0.4, 0.5) is 0 Å². The van der Waals surface area contributed by atoms with Gasteiger partial charge in [-0.15, -0.1) is 10.2 Å². The lowest BCUT2D eigenvalue weighted by atomic mass is 9.90. The van der Waals surface area contributed by atoms with Gasteiger partial charge in [0.2, 0.25) is 5.91 Å². The molecule has 0 saturated carbocycles. The molecule has 3 rings (SSSR count). The first-order valence-corrected chi connectivity index (χ1v) is 11.6. The molecule has 6 nitrogen and oxygen atoms in total. The summed E-state index contributed by atoms with van der Waals surface area (Å²) in [5.41, 5.74) is 1.93. The summed E-state index contributed by atoms with van der Waals surface area (Å²) in [5, 5.41) is 22.0. The second kappa shape index (κ2) is 9.76. The van der Waals surface area contributed by atoms with Crippen LogP contribution in [0.1, 0.15) is 33.3 Å². The smallest absolute Gasteiger partial charge is 0.234 e. The highest BCUT2D eigenvalue weighted by Gasteiger charge is 2.32. The van der Waals surface area contributed by atoms with Crippen molar-refractivity contribution in [2.75, 3.05) is 0 Å². The van der Waals surface area contributed by atoms with Crippen molar-refractivity contribution < 1.29 is 4.79 Å². The predicted molar refractivity (Wildman–Crippen MR) is 129 cm³/mol. The summed E-state index contributed by atoms with van der Waals surface area (Å²) in [4.78, 5) is 12.9. The third kappa shape index (κ3) is 5.14. The molecule has 2 aromatic carbocycles. The van der Waals surface area contributed by atoms with Gasteiger partial charge in [-0.2, -0.15) is 5.26 Å². The van der Waals surface area contributed by atoms with Crippen LogP contribution in [0.15, 0.2) is 53.7 Å². The van der Waals surface area contributed by atoms with Crippen LogP contribution < -0.4 is 5.32 Å². The Morgan fingerprint density at radius 2 is 1.88 bits per heavy atom. The van der Waals surface area contributed by atoms with Gasteiger partial charge in [0.25, 0.3) is 0 Å². The monoisotopic (exact) mass is 467 g/mol. The van der Waals surface area contributed by atoms with Gasteiger partial charge in [0.1, 0.15) is 5.54 Å². The number of nitriles is 1. The van der Waals surface area contributed by atoms with Gasteiger partial charge in [-0.3, -0.25) is 9.36 Å². The van der Waals surface area contributed by atoms with Gasteiger partial charge in [-0.25, -0.2) is 0 Å². The van der Waals surface area contributed by atoms with Gasteiger partial charge in [-0.05, 0) is 68.7 Å². The quantitative estimate of drug-likeness (QED) is 0.468. The molecule has 0 aliphatic rings. The Balaban J connectivity index is 1.97. The number of aryl methyl sites for hydroxylation is 1. The maximum Gasteiger partial charge on any atom is 0.234 e. The van der Waals surface area contributed by atoms with E-state index in [0.29, 0.717) is 16.0 Å². The Morgan fingerprint density at radius 3 is 2.47 bits per heavy atom. The predicted octanol–water partition coefficient (Wildman–Crippen LogP) is 5.43. The highest BCUT2D eigenvalue weighted by Crippen LogP contribution is 2.31. The number of thioether (sulfide) groups is 1. The molecule has 1 aromatic heterocycles. The Labute approximate surface area is 198 Å². The molecule has 0 aliphatic carbocycles. The standard InChI is InChI=1S/C24H26ClN5OS/c1-15(2)24(5,14-26)27-22(31)17(4)32-23-29-28-21(18-9-11-19(25)12-10-18)30(23)20-8-6-7-16(3)13-20/h6-13,15,17H,1-5H3,(H,27,31). The summed E-state index contributed by atoms with van der Waals surface area (Å²) >= 11 is 7.36. The molecule has 2 atom stereocenters. The van der Waals surface area contributed by atoms with Crippen LogP contribution in [0, 0.1) is 24.2 Å². The summed E-state index contributed by atoms with van der Waals surface area (Å²) in [6.45, 7) is 9.38. The summed E-state index contributed by atoms with van der Waals surface area (Å²) in [7, 11) is 0. The molecular weight excluding hydrogens is 442 g/mol. The van der Waals surface area contributed by atoms with Crippen molar-refractivity contribution in [3.8, 4) is 23.1 Å². The van der Waals surface area contributed by atoms with Crippen molar-refractivity contribution >= 4 is 29.3 Å². The third-order valence-corrected chi connectivity index (χ3v) is 6.71. The SMILES string of the molecule is Cc1cccc(-n2c(SC(C)C(=O)NC(C)(C#N)C(C)C)nnc2-c2ccc(Cl)cc2)c1. The maximum atomic E-state index is 12.9. The molecule has 0 spiro atoms. The van der Waals surface area contributed by atoms with Gasteiger partial charge in [0, 0.05) is 16.3 Å². The number of hydrogen-bond donors (Lipinski definition) is 1. The van der Waals surface area contributed by atoms with E-state index in [9.17, 15) is 10.1 Å². The zero-order chi connectivity index (χ0) is 23.5. The van der Waals surface area contributed by atoms with Crippen molar-refractivity contribution in [2.45, 2.75) is 50.6 Å². The largest absolute Gasteiger partial charge is 0.337 e. The molecule has 0 fully saturated rings. The lowest BCUT2D eigenvalue weighted by Crippen LogP contribution is -2.51. The van der Waals surface area contributed by atoms with E-state index in [-0.39, 0.29) is 11.8 Å². The normalized spacial score (nSPS) is 13.9. The van der Waals surface area contributed by atoms with Crippen LogP contribution in [-0.4, -0.2) is 31.5 Å². The zero-order valence-electron chi connectivity index (χ0n) is 18.8. The molecule has 1 heterocycles. The third-order valence-electron chi connectivity index (χ3n) is 5.42. The Hall–Kier alpha value is -2.82. The first-order valence-electron chi connectivity index (χ1n) is 10.3. The molecular formula is C24H26ClN5OS. The molecule has 8 heteroatoms. The highest BCUT2D eigenvalue weighted by molar-refractivity contribution is 8.00. The number of rotatable bonds is 7. The number of aromatic nitrogens is 3. The average molecular weight is 468 g/mol. The first kappa shape index (κ1) is 23.8. The van der Waals surface area contributed by atoms with E-state index in [2.05, 4.69) is 21.6 Å². The van der Waals surface area contributed by atoms with E-state index in [1.807, 2.05) is 73.9 Å². The lowest BCUT2D eigenvalue weighted by Gasteiger charge is -2.28. The van der Waals surface area contributed by atoms with Gasteiger partial charge < -0.3 is 5.32 Å². The number of carbonyl (C=O) groups is 1. The van der Waals surface area contributed by atoms with E-state index in [1.54, 1.807) is 13.8 Å². The Bertz CT molecular complexity index is 1150. The van der Waals surface area contributed by atoms with Crippen LogP contribution in [0.3, 0.4) is 0 Å². The fourth-order valence-electron chi connectivity index (χ4n) is 3.00. The Kier molecular flexibility index (Phi) is 7.27. The minimum Gasteiger partial charge on any atom is -0.337 e. The number of carbonyl (C=O) groups excluding carboxylic acids is 1. The van der Waals surface area contributed by atoms with Crippen LogP contribution in [0.25, 0.3) is 17.1 Å². The molecule has 3 aromatic rings. The molecule has 2 unspecified atom stereocenters. The summed E-state index contributed by atoms with van der Waals surface area (Å²) in [6, 6.07) is 17.6. The zero-order valence-corrected chi connectivity index (χ0v) is 20.3. The van der Waals surface area contributed by atoms with Crippen molar-refractivity contribution in [1.82, 2.24) is 20.1 Å². The van der Waals surface area contributed by atoms with Gasteiger partial charge in [0.15, 0.2) is 11.0 Å². The second-order valence-corrected chi connectivity index (χ2v) is 9.95. The van der Waals surface area contributed by atoms with Gasteiger partial charge in [-0.1, -0.05) is 49.3 Å². The molecule has 0 radical (unpaired) electrons. The van der Waals surface area contributed by atoms with E-state index in [4.69, 9.17) is 11.6 Å². The minimum atomic E-state index is -0.940. The molecule has 0 aliphatic heterocycles. The number of halogens is 1. The van der Waals surface area contributed by atoms with Gasteiger partial charge in [0.05, 0.1) is 11.3 Å². The lowest BCUT2D eigenvalue weighted by molar-refractivity contribution is -0.121. The second-order valence-electron chi connectivity index (χ2n) is 8.21. The Morgan fingerprint density at radius 1 is 1.19 bits per heavy atom. The number of amides is 1. The van der Waals surface area contributed by atoms with Crippen molar-refractivity contribution in [2.24, 2.45) is 5.92 Å². The molecule has 1 N–H and O–H groups in total. The van der Waals surface area contributed by atoms with Crippen molar-refractivity contribution in [3.63, 3.8) is 0 Å². The minimum absolute atomic E-state index is 0.0268. The molecule has 0 bridgehead atoms. The van der Waals surface area contributed by atoms with Crippen LogP contribution in [0.5, 0.6) is 0 Å². The highest BCUT2D eigenvalue weighted by atomic mass is 35.5. The van der Waals surface area contributed by atoms with Crippen LogP contribution in [-0.2, 0) is 4.79 Å². The number of nitrogens with one attached hydrogen (secondary N) is 1. The molecule has 166 valence electrons. The summed E-state index contributed by atoms with van der Waals surface area (Å²) in [6.07, 6.45) is 0. The fourth-order valence-corrected chi connectivity index (χ4v) is 4.00. The first-order chi connectivity index (χ1) is 15.1. The molecule has 32 heavy (non-hydrogen) atoms. The van der Waals surface area contributed by atoms with E-state index >= 15 is 0 Å². The van der Waals surface area contributed by atoms with Crippen molar-refractivity contribution in [1.29, 1.82) is 5.26 Å². The van der Waals surface area contributed by atoms with Gasteiger partial charge >= 0.3 is 0 Å². The number of benzene rings is 2. The topological polar surface area (TPSA) is 83.6 Å². The van der Waals surface area contributed by atoms with Crippen LogP contribution in [0.2, 0.25) is 5.02 Å². The fraction of sp³-hybridized carbons (Fsp3) is 0.333. The average Bonchev–Trinajstić information content (AvgIpc) is 3.17. The van der Waals surface area contributed by atoms with E-state index < -0.39 is 10.8 Å². The number of nitrogens with zero attached hydrogens (tertiary/aromatic N) is 4. The number of hydrogen-bond acceptors (Lipinski definition) is 5. The summed E-state index contributed by atoms with van der Waals surface area (Å²) < 4.78 is 1.94. The van der Waals surface area contributed by atoms with E-state index in [1.165, 1.54) is 11.8 Å². The maximum absolute atomic E-state index is 12.9. The molecule has 1 amide bonds. The molecule has 0 saturated heterocycles. The van der Waals surface area contributed by atoms with Crippen LogP contribution >= 0.6 is 23.4 Å². The van der Waals surface area contributed by atoms with E-state index in [0.717, 1.165) is 16.8 Å².